The molecule has 0 aliphatic heterocycles. The van der Waals surface area contributed by atoms with Crippen LogP contribution in [0.2, 0.25) is 5.02 Å². The molecule has 2 aromatic carbocycles. The third-order valence-corrected chi connectivity index (χ3v) is 3.89. The van der Waals surface area contributed by atoms with Gasteiger partial charge in [-0.3, -0.25) is 4.98 Å². The van der Waals surface area contributed by atoms with E-state index in [4.69, 9.17) is 11.6 Å². The van der Waals surface area contributed by atoms with Crippen LogP contribution in [0.4, 0.5) is 4.39 Å². The van der Waals surface area contributed by atoms with Gasteiger partial charge in [0.1, 0.15) is 11.9 Å². The first-order valence-corrected chi connectivity index (χ1v) is 6.99. The van der Waals surface area contributed by atoms with Gasteiger partial charge < -0.3 is 5.11 Å². The molecule has 0 aliphatic carbocycles. The molecule has 0 aliphatic rings. The topological polar surface area (TPSA) is 33.1 Å². The van der Waals surface area contributed by atoms with E-state index in [1.54, 1.807) is 18.3 Å². The molecule has 0 radical (unpaired) electrons. The van der Waals surface area contributed by atoms with Gasteiger partial charge in [0.2, 0.25) is 0 Å². The molecule has 3 rings (SSSR count). The highest BCUT2D eigenvalue weighted by atomic mass is 35.5. The Bertz CT molecular complexity index is 785. The van der Waals surface area contributed by atoms with Crippen molar-refractivity contribution in [1.29, 1.82) is 0 Å². The highest BCUT2D eigenvalue weighted by Crippen LogP contribution is 2.28. The zero-order valence-electron chi connectivity index (χ0n) is 11.1. The van der Waals surface area contributed by atoms with Crippen LogP contribution in [0.3, 0.4) is 0 Å². The monoisotopic (exact) mass is 301 g/mol. The van der Waals surface area contributed by atoms with E-state index >= 15 is 0 Å². The summed E-state index contributed by atoms with van der Waals surface area (Å²) in [7, 11) is 0. The second kappa shape index (κ2) is 5.80. The fraction of sp³-hybridized carbons (Fsp3) is 0.118. The third kappa shape index (κ3) is 2.75. The molecule has 0 saturated carbocycles. The van der Waals surface area contributed by atoms with Crippen molar-refractivity contribution in [2.24, 2.45) is 0 Å². The Morgan fingerprint density at radius 2 is 1.90 bits per heavy atom. The van der Waals surface area contributed by atoms with Crippen LogP contribution >= 0.6 is 11.6 Å². The first-order valence-electron chi connectivity index (χ1n) is 6.61. The lowest BCUT2D eigenvalue weighted by Gasteiger charge is -2.14. The van der Waals surface area contributed by atoms with Crippen molar-refractivity contribution in [3.63, 3.8) is 0 Å². The number of pyridine rings is 1. The summed E-state index contributed by atoms with van der Waals surface area (Å²) in [5, 5.41) is 12.4. The van der Waals surface area contributed by atoms with Gasteiger partial charge in [0.05, 0.1) is 10.7 Å². The van der Waals surface area contributed by atoms with E-state index < -0.39 is 11.9 Å². The molecule has 1 atom stereocenters. The summed E-state index contributed by atoms with van der Waals surface area (Å²) in [6.07, 6.45) is 1.04. The number of aromatic nitrogens is 1. The van der Waals surface area contributed by atoms with Crippen LogP contribution in [0.1, 0.15) is 17.4 Å². The Morgan fingerprint density at radius 1 is 1.10 bits per heavy atom. The molecule has 106 valence electrons. The van der Waals surface area contributed by atoms with Gasteiger partial charge in [0.25, 0.3) is 0 Å². The van der Waals surface area contributed by atoms with Gasteiger partial charge >= 0.3 is 0 Å². The molecule has 1 heterocycles. The van der Waals surface area contributed by atoms with Gasteiger partial charge in [-0.15, -0.1) is 0 Å². The summed E-state index contributed by atoms with van der Waals surface area (Å²) < 4.78 is 13.5. The van der Waals surface area contributed by atoms with Crippen molar-refractivity contribution in [2.75, 3.05) is 0 Å². The fourth-order valence-corrected chi connectivity index (χ4v) is 2.62. The van der Waals surface area contributed by atoms with Gasteiger partial charge in [-0.1, -0.05) is 48.0 Å². The average Bonchev–Trinajstić information content (AvgIpc) is 2.51. The number of rotatable bonds is 3. The van der Waals surface area contributed by atoms with Crippen LogP contribution in [0.5, 0.6) is 0 Å². The number of benzene rings is 2. The van der Waals surface area contributed by atoms with E-state index in [1.807, 2.05) is 30.3 Å². The van der Waals surface area contributed by atoms with Gasteiger partial charge in [0.15, 0.2) is 0 Å². The van der Waals surface area contributed by atoms with Crippen LogP contribution in [0.15, 0.2) is 54.7 Å². The molecule has 0 spiro atoms. The maximum atomic E-state index is 13.5. The number of aliphatic hydroxyl groups excluding tert-OH is 1. The minimum atomic E-state index is -0.838. The average molecular weight is 302 g/mol. The molecule has 4 heteroatoms. The van der Waals surface area contributed by atoms with Crippen molar-refractivity contribution < 1.29 is 9.50 Å². The summed E-state index contributed by atoms with van der Waals surface area (Å²) in [4.78, 5) is 4.27. The number of fused-ring (bicyclic) bond motifs is 1. The first kappa shape index (κ1) is 14.0. The Hall–Kier alpha value is -1.97. The van der Waals surface area contributed by atoms with Crippen LogP contribution in [-0.4, -0.2) is 10.1 Å². The van der Waals surface area contributed by atoms with E-state index in [1.165, 1.54) is 6.07 Å². The summed E-state index contributed by atoms with van der Waals surface area (Å²) in [5.74, 6) is -0.479. The Kier molecular flexibility index (Phi) is 3.86. The van der Waals surface area contributed by atoms with Crippen LogP contribution in [0.25, 0.3) is 10.8 Å². The van der Waals surface area contributed by atoms with E-state index in [2.05, 4.69) is 4.98 Å². The van der Waals surface area contributed by atoms with Crippen molar-refractivity contribution in [3.05, 3.63) is 76.8 Å². The zero-order valence-corrected chi connectivity index (χ0v) is 11.9. The van der Waals surface area contributed by atoms with Crippen LogP contribution in [0, 0.1) is 5.82 Å². The molecular weight excluding hydrogens is 289 g/mol. The van der Waals surface area contributed by atoms with Crippen LogP contribution in [-0.2, 0) is 6.42 Å². The number of halogens is 2. The lowest BCUT2D eigenvalue weighted by Crippen LogP contribution is -2.05. The minimum Gasteiger partial charge on any atom is -0.386 e. The summed E-state index contributed by atoms with van der Waals surface area (Å²) in [5.41, 5.74) is 1.15. The second-order valence-corrected chi connectivity index (χ2v) is 5.23. The quantitative estimate of drug-likeness (QED) is 0.782. The first-order chi connectivity index (χ1) is 10.2. The standard InChI is InChI=1S/C17H13ClFNO/c18-16-12(5-3-7-14(16)19)10-15(21)17-13-6-2-1-4-11(13)8-9-20-17/h1-9,15,21H,10H2. The van der Waals surface area contributed by atoms with Gasteiger partial charge in [-0.2, -0.15) is 0 Å². The van der Waals surface area contributed by atoms with Crippen molar-refractivity contribution in [3.8, 4) is 0 Å². The number of hydrogen-bond acceptors (Lipinski definition) is 2. The molecular formula is C17H13ClFNO. The molecule has 1 aromatic heterocycles. The lowest BCUT2D eigenvalue weighted by molar-refractivity contribution is 0.175. The molecule has 1 unspecified atom stereocenters. The van der Waals surface area contributed by atoms with E-state index in [0.717, 1.165) is 10.8 Å². The second-order valence-electron chi connectivity index (χ2n) is 4.85. The van der Waals surface area contributed by atoms with E-state index in [-0.39, 0.29) is 11.4 Å². The smallest absolute Gasteiger partial charge is 0.142 e. The molecule has 0 bridgehead atoms. The number of hydrogen-bond donors (Lipinski definition) is 1. The molecule has 21 heavy (non-hydrogen) atoms. The van der Waals surface area contributed by atoms with Crippen molar-refractivity contribution in [1.82, 2.24) is 4.98 Å². The Morgan fingerprint density at radius 3 is 2.76 bits per heavy atom. The summed E-state index contributed by atoms with van der Waals surface area (Å²) in [6, 6.07) is 14.2. The molecule has 2 nitrogen and oxygen atoms in total. The zero-order chi connectivity index (χ0) is 14.8. The molecule has 3 aromatic rings. The van der Waals surface area contributed by atoms with Crippen LogP contribution < -0.4 is 0 Å². The normalized spacial score (nSPS) is 12.5. The number of nitrogens with zero attached hydrogens (tertiary/aromatic N) is 1. The predicted octanol–water partition coefficient (Wildman–Crippen LogP) is 4.30. The summed E-state index contributed by atoms with van der Waals surface area (Å²) >= 11 is 5.94. The van der Waals surface area contributed by atoms with E-state index in [0.29, 0.717) is 11.3 Å². The SMILES string of the molecule is OC(Cc1cccc(F)c1Cl)c1nccc2ccccc12. The van der Waals surface area contributed by atoms with Gasteiger partial charge in [-0.25, -0.2) is 4.39 Å². The van der Waals surface area contributed by atoms with Gasteiger partial charge in [-0.05, 0) is 23.1 Å². The van der Waals surface area contributed by atoms with E-state index in [9.17, 15) is 9.50 Å². The van der Waals surface area contributed by atoms with Crippen molar-refractivity contribution >= 4 is 22.4 Å². The summed E-state index contributed by atoms with van der Waals surface area (Å²) in [6.45, 7) is 0. The minimum absolute atomic E-state index is 0.0526. The lowest BCUT2D eigenvalue weighted by atomic mass is 10.0. The maximum absolute atomic E-state index is 13.5. The van der Waals surface area contributed by atoms with Crippen molar-refractivity contribution in [2.45, 2.75) is 12.5 Å². The molecule has 0 saturated heterocycles. The highest BCUT2D eigenvalue weighted by Gasteiger charge is 2.16. The number of aliphatic hydroxyl groups is 1. The third-order valence-electron chi connectivity index (χ3n) is 3.46. The largest absolute Gasteiger partial charge is 0.386 e. The highest BCUT2D eigenvalue weighted by molar-refractivity contribution is 6.31. The fourth-order valence-electron chi connectivity index (χ4n) is 2.42. The molecule has 1 N–H and O–H groups in total. The predicted molar refractivity (Wildman–Crippen MR) is 81.8 cm³/mol. The molecule has 0 amide bonds. The Labute approximate surface area is 126 Å². The maximum Gasteiger partial charge on any atom is 0.142 e. The molecule has 0 fully saturated rings. The van der Waals surface area contributed by atoms with Gasteiger partial charge in [0, 0.05) is 18.0 Å². The Balaban J connectivity index is 1.97.